The molecule has 2 rings (SSSR count). The van der Waals surface area contributed by atoms with Crippen molar-refractivity contribution in [2.45, 2.75) is 97.4 Å². The number of likely N-dealkylation sites (tertiary alicyclic amines) is 2. The highest BCUT2D eigenvalue weighted by molar-refractivity contribution is 5.68. The fourth-order valence-corrected chi connectivity index (χ4v) is 2.82. The molecule has 0 aliphatic carbocycles. The van der Waals surface area contributed by atoms with Gasteiger partial charge in [0.15, 0.2) is 0 Å². The Bertz CT molecular complexity index is 488. The maximum atomic E-state index is 11.7. The molecule has 2 amide bonds. The number of piperidine rings is 2. The maximum absolute atomic E-state index is 11.7. The minimum atomic E-state index is -0.437. The Labute approximate surface area is 170 Å². The van der Waals surface area contributed by atoms with Crippen LogP contribution in [0.3, 0.4) is 0 Å². The fraction of sp³-hybridized carbons (Fsp3) is 0.905. The first-order valence-electron chi connectivity index (χ1n) is 10.6. The van der Waals surface area contributed by atoms with Gasteiger partial charge in [-0.1, -0.05) is 6.92 Å². The minimum Gasteiger partial charge on any atom is -0.444 e. The molecule has 2 aliphatic rings. The first-order chi connectivity index (χ1) is 12.9. The van der Waals surface area contributed by atoms with E-state index in [0.717, 1.165) is 32.4 Å². The summed E-state index contributed by atoms with van der Waals surface area (Å²) in [5.41, 5.74) is -0.762. The van der Waals surface area contributed by atoms with Crippen LogP contribution in [0.25, 0.3) is 0 Å². The number of ether oxygens (including phenoxy) is 2. The van der Waals surface area contributed by atoms with E-state index in [2.05, 4.69) is 0 Å². The fourth-order valence-electron chi connectivity index (χ4n) is 2.82. The third kappa shape index (κ3) is 9.62. The molecule has 7 heteroatoms. The predicted molar refractivity (Wildman–Crippen MR) is 109 cm³/mol. The van der Waals surface area contributed by atoms with E-state index in [9.17, 15) is 14.7 Å². The Hall–Kier alpha value is -1.50. The van der Waals surface area contributed by atoms with E-state index in [-0.39, 0.29) is 23.9 Å². The summed E-state index contributed by atoms with van der Waals surface area (Å²) in [6.07, 6.45) is 4.95. The topological polar surface area (TPSA) is 79.3 Å². The molecule has 2 fully saturated rings. The summed E-state index contributed by atoms with van der Waals surface area (Å²) in [7, 11) is 0. The van der Waals surface area contributed by atoms with Crippen LogP contribution in [-0.2, 0) is 9.47 Å². The molecular formula is C21H40N2O5. The number of carbonyl (C=O) groups is 2. The van der Waals surface area contributed by atoms with Gasteiger partial charge < -0.3 is 24.4 Å². The Balaban J connectivity index is 0.000000280. The molecule has 0 aromatic carbocycles. The van der Waals surface area contributed by atoms with E-state index in [1.807, 2.05) is 46.4 Å². The number of aliphatic hydroxyl groups excluding tert-OH is 1. The van der Waals surface area contributed by atoms with Crippen LogP contribution < -0.4 is 0 Å². The molecule has 0 saturated carbocycles. The number of rotatable bonds is 2. The highest BCUT2D eigenvalue weighted by Gasteiger charge is 2.26. The van der Waals surface area contributed by atoms with Crippen LogP contribution in [0.4, 0.5) is 9.59 Å². The zero-order valence-electron chi connectivity index (χ0n) is 18.6. The van der Waals surface area contributed by atoms with E-state index in [1.165, 1.54) is 6.42 Å². The molecule has 0 atom stereocenters. The van der Waals surface area contributed by atoms with Crippen molar-refractivity contribution in [2.24, 2.45) is 0 Å². The number of carbonyl (C=O) groups excluding carboxylic acids is 2. The van der Waals surface area contributed by atoms with Gasteiger partial charge in [0.05, 0.1) is 6.10 Å². The van der Waals surface area contributed by atoms with Crippen LogP contribution in [0.1, 0.15) is 80.1 Å². The number of aliphatic hydroxyl groups is 1. The van der Waals surface area contributed by atoms with Crippen LogP contribution in [0, 0.1) is 0 Å². The molecule has 0 unspecified atom stereocenters. The lowest BCUT2D eigenvalue weighted by Gasteiger charge is -2.31. The minimum absolute atomic E-state index is 0.142. The van der Waals surface area contributed by atoms with Crippen LogP contribution in [0.15, 0.2) is 0 Å². The van der Waals surface area contributed by atoms with Crippen LogP contribution in [-0.4, -0.2) is 70.6 Å². The zero-order valence-corrected chi connectivity index (χ0v) is 18.6. The molecule has 28 heavy (non-hydrogen) atoms. The second-order valence-electron chi connectivity index (χ2n) is 9.23. The molecule has 1 N–H and O–H groups in total. The molecule has 0 bridgehead atoms. The SMILES string of the molecule is CC(C)(C)OC(=O)N1CCC(O)CC1.CCC(C)(C)OC(=O)N1CCCCC1. The van der Waals surface area contributed by atoms with Crippen molar-refractivity contribution in [3.8, 4) is 0 Å². The number of hydrogen-bond acceptors (Lipinski definition) is 5. The summed E-state index contributed by atoms with van der Waals surface area (Å²) in [4.78, 5) is 26.7. The molecule has 0 aromatic rings. The van der Waals surface area contributed by atoms with E-state index < -0.39 is 5.60 Å². The highest BCUT2D eigenvalue weighted by atomic mass is 16.6. The van der Waals surface area contributed by atoms with Gasteiger partial charge in [-0.3, -0.25) is 0 Å². The van der Waals surface area contributed by atoms with Gasteiger partial charge in [-0.05, 0) is 73.1 Å². The Morgan fingerprint density at radius 2 is 1.32 bits per heavy atom. The summed E-state index contributed by atoms with van der Waals surface area (Å²) in [5, 5.41) is 9.26. The molecule has 164 valence electrons. The predicted octanol–water partition coefficient (Wildman–Crippen LogP) is 4.18. The van der Waals surface area contributed by atoms with Crippen molar-refractivity contribution < 1.29 is 24.2 Å². The van der Waals surface area contributed by atoms with E-state index in [0.29, 0.717) is 25.9 Å². The first kappa shape index (κ1) is 24.5. The molecule has 0 spiro atoms. The van der Waals surface area contributed by atoms with Crippen LogP contribution in [0.5, 0.6) is 0 Å². The van der Waals surface area contributed by atoms with Crippen molar-refractivity contribution in [1.82, 2.24) is 9.80 Å². The summed E-state index contributed by atoms with van der Waals surface area (Å²) in [6, 6.07) is 0. The molecular weight excluding hydrogens is 360 g/mol. The van der Waals surface area contributed by atoms with Gasteiger partial charge in [0.25, 0.3) is 0 Å². The first-order valence-corrected chi connectivity index (χ1v) is 10.6. The van der Waals surface area contributed by atoms with Gasteiger partial charge in [0, 0.05) is 26.2 Å². The molecule has 0 radical (unpaired) electrons. The molecule has 2 aliphatic heterocycles. The van der Waals surface area contributed by atoms with E-state index >= 15 is 0 Å². The van der Waals surface area contributed by atoms with Crippen molar-refractivity contribution >= 4 is 12.2 Å². The normalized spacial score (nSPS) is 18.8. The van der Waals surface area contributed by atoms with Crippen molar-refractivity contribution in [2.75, 3.05) is 26.2 Å². The van der Waals surface area contributed by atoms with Gasteiger partial charge in [-0.2, -0.15) is 0 Å². The maximum Gasteiger partial charge on any atom is 0.410 e. The summed E-state index contributed by atoms with van der Waals surface area (Å²) >= 11 is 0. The van der Waals surface area contributed by atoms with E-state index in [1.54, 1.807) is 4.90 Å². The molecule has 0 aromatic heterocycles. The highest BCUT2D eigenvalue weighted by Crippen LogP contribution is 2.18. The number of amides is 2. The van der Waals surface area contributed by atoms with Gasteiger partial charge in [-0.25, -0.2) is 9.59 Å². The van der Waals surface area contributed by atoms with Crippen LogP contribution in [0.2, 0.25) is 0 Å². The smallest absolute Gasteiger partial charge is 0.410 e. The Kier molecular flexibility index (Phi) is 9.54. The van der Waals surface area contributed by atoms with Crippen molar-refractivity contribution in [3.05, 3.63) is 0 Å². The molecule has 7 nitrogen and oxygen atoms in total. The third-order valence-electron chi connectivity index (χ3n) is 4.95. The monoisotopic (exact) mass is 400 g/mol. The average Bonchev–Trinajstić information content (AvgIpc) is 2.62. The lowest BCUT2D eigenvalue weighted by molar-refractivity contribution is 0.00792. The van der Waals surface area contributed by atoms with Gasteiger partial charge in [-0.15, -0.1) is 0 Å². The lowest BCUT2D eigenvalue weighted by atomic mass is 10.1. The quantitative estimate of drug-likeness (QED) is 0.752. The third-order valence-corrected chi connectivity index (χ3v) is 4.95. The molecule has 2 heterocycles. The Morgan fingerprint density at radius 3 is 1.79 bits per heavy atom. The van der Waals surface area contributed by atoms with Crippen LogP contribution >= 0.6 is 0 Å². The molecule has 2 saturated heterocycles. The second kappa shape index (κ2) is 10.9. The van der Waals surface area contributed by atoms with E-state index in [4.69, 9.17) is 9.47 Å². The van der Waals surface area contributed by atoms with Gasteiger partial charge in [0.2, 0.25) is 0 Å². The largest absolute Gasteiger partial charge is 0.444 e. The van der Waals surface area contributed by atoms with Gasteiger partial charge in [0.1, 0.15) is 11.2 Å². The lowest BCUT2D eigenvalue weighted by Crippen LogP contribution is -2.42. The summed E-state index contributed by atoms with van der Waals surface area (Å²) < 4.78 is 10.6. The Morgan fingerprint density at radius 1 is 0.857 bits per heavy atom. The average molecular weight is 401 g/mol. The van der Waals surface area contributed by atoms with Gasteiger partial charge >= 0.3 is 12.2 Å². The number of hydrogen-bond donors (Lipinski definition) is 1. The zero-order chi connectivity index (χ0) is 21.4. The second-order valence-corrected chi connectivity index (χ2v) is 9.23. The number of nitrogens with zero attached hydrogens (tertiary/aromatic N) is 2. The summed E-state index contributed by atoms with van der Waals surface area (Å²) in [5.74, 6) is 0. The standard InChI is InChI=1S/C11H21NO2.C10H19NO3/c1-4-11(2,3)14-10(13)12-8-6-5-7-9-12;1-10(2,3)14-9(13)11-6-4-8(12)5-7-11/h4-9H2,1-3H3;8,12H,4-7H2,1-3H3. The van der Waals surface area contributed by atoms with Crippen molar-refractivity contribution in [3.63, 3.8) is 0 Å². The summed E-state index contributed by atoms with van der Waals surface area (Å²) in [6.45, 7) is 14.4. The van der Waals surface area contributed by atoms with Crippen molar-refractivity contribution in [1.29, 1.82) is 0 Å².